The van der Waals surface area contributed by atoms with Crippen molar-refractivity contribution < 1.29 is 14.3 Å². The lowest BCUT2D eigenvalue weighted by Gasteiger charge is -2.34. The SMILES string of the molecule is Cc1ccc(CN(C(=O)C2COCCO2)C2CCc3ccccc32)cc1. The summed E-state index contributed by atoms with van der Waals surface area (Å²) in [7, 11) is 0. The van der Waals surface area contributed by atoms with Crippen molar-refractivity contribution in [3.63, 3.8) is 0 Å². The average Bonchev–Trinajstić information content (AvgIpc) is 3.12. The second kappa shape index (κ2) is 7.60. The van der Waals surface area contributed by atoms with E-state index in [9.17, 15) is 4.79 Å². The molecule has 0 radical (unpaired) electrons. The van der Waals surface area contributed by atoms with Crippen LogP contribution in [0, 0.1) is 6.92 Å². The lowest BCUT2D eigenvalue weighted by Crippen LogP contribution is -2.46. The predicted molar refractivity (Wildman–Crippen MR) is 99.8 cm³/mol. The number of fused-ring (bicyclic) bond motifs is 1. The van der Waals surface area contributed by atoms with Gasteiger partial charge in [-0.2, -0.15) is 0 Å². The molecule has 4 rings (SSSR count). The van der Waals surface area contributed by atoms with Gasteiger partial charge in [-0.1, -0.05) is 54.1 Å². The maximum atomic E-state index is 13.3. The fraction of sp³-hybridized carbons (Fsp3) is 0.409. The Labute approximate surface area is 154 Å². The third kappa shape index (κ3) is 3.53. The van der Waals surface area contributed by atoms with Gasteiger partial charge in [-0.15, -0.1) is 0 Å². The van der Waals surface area contributed by atoms with Crippen LogP contribution in [0.5, 0.6) is 0 Å². The Morgan fingerprint density at radius 1 is 1.12 bits per heavy atom. The summed E-state index contributed by atoms with van der Waals surface area (Å²) in [6, 6.07) is 17.0. The Balaban J connectivity index is 1.62. The zero-order valence-corrected chi connectivity index (χ0v) is 15.2. The maximum Gasteiger partial charge on any atom is 0.254 e. The number of aryl methyl sites for hydroxylation is 2. The molecular weight excluding hydrogens is 326 g/mol. The molecule has 1 saturated heterocycles. The Morgan fingerprint density at radius 3 is 2.69 bits per heavy atom. The summed E-state index contributed by atoms with van der Waals surface area (Å²) in [5.74, 6) is 0.0342. The molecule has 2 unspecified atom stereocenters. The summed E-state index contributed by atoms with van der Waals surface area (Å²) in [6.07, 6.45) is 1.48. The van der Waals surface area contributed by atoms with E-state index in [-0.39, 0.29) is 11.9 Å². The highest BCUT2D eigenvalue weighted by molar-refractivity contribution is 5.82. The van der Waals surface area contributed by atoms with Crippen molar-refractivity contribution in [3.8, 4) is 0 Å². The fourth-order valence-corrected chi connectivity index (χ4v) is 3.91. The van der Waals surface area contributed by atoms with Gasteiger partial charge in [0.2, 0.25) is 0 Å². The monoisotopic (exact) mass is 351 g/mol. The molecule has 2 aliphatic rings. The molecule has 2 atom stereocenters. The van der Waals surface area contributed by atoms with Gasteiger partial charge < -0.3 is 14.4 Å². The summed E-state index contributed by atoms with van der Waals surface area (Å²) in [5.41, 5.74) is 4.98. The summed E-state index contributed by atoms with van der Waals surface area (Å²) in [6.45, 7) is 4.06. The Kier molecular flexibility index (Phi) is 5.05. The smallest absolute Gasteiger partial charge is 0.254 e. The van der Waals surface area contributed by atoms with E-state index in [1.807, 2.05) is 4.90 Å². The predicted octanol–water partition coefficient (Wildman–Crippen LogP) is 3.43. The van der Waals surface area contributed by atoms with Crippen LogP contribution in [0.3, 0.4) is 0 Å². The summed E-state index contributed by atoms with van der Waals surface area (Å²) in [4.78, 5) is 15.3. The lowest BCUT2D eigenvalue weighted by atomic mass is 10.0. The number of benzene rings is 2. The van der Waals surface area contributed by atoms with E-state index in [1.54, 1.807) is 0 Å². The van der Waals surface area contributed by atoms with Gasteiger partial charge in [0.1, 0.15) is 0 Å². The van der Waals surface area contributed by atoms with Crippen molar-refractivity contribution in [2.75, 3.05) is 19.8 Å². The van der Waals surface area contributed by atoms with Crippen molar-refractivity contribution in [1.29, 1.82) is 0 Å². The van der Waals surface area contributed by atoms with Crippen LogP contribution in [0.4, 0.5) is 0 Å². The maximum absolute atomic E-state index is 13.3. The van der Waals surface area contributed by atoms with Gasteiger partial charge in [-0.3, -0.25) is 4.79 Å². The van der Waals surface area contributed by atoms with E-state index >= 15 is 0 Å². The number of carbonyl (C=O) groups is 1. The van der Waals surface area contributed by atoms with Crippen LogP contribution in [0.25, 0.3) is 0 Å². The van der Waals surface area contributed by atoms with E-state index in [4.69, 9.17) is 9.47 Å². The topological polar surface area (TPSA) is 38.8 Å². The number of ether oxygens (including phenoxy) is 2. The molecule has 1 heterocycles. The first kappa shape index (κ1) is 17.3. The number of amides is 1. The van der Waals surface area contributed by atoms with Crippen LogP contribution in [-0.4, -0.2) is 36.7 Å². The highest BCUT2D eigenvalue weighted by atomic mass is 16.6. The molecule has 1 aliphatic carbocycles. The minimum atomic E-state index is -0.498. The highest BCUT2D eigenvalue weighted by Crippen LogP contribution is 2.37. The van der Waals surface area contributed by atoms with Gasteiger partial charge in [0.15, 0.2) is 6.10 Å². The Morgan fingerprint density at radius 2 is 1.92 bits per heavy atom. The molecule has 0 bridgehead atoms. The highest BCUT2D eigenvalue weighted by Gasteiger charge is 2.35. The quantitative estimate of drug-likeness (QED) is 0.847. The molecule has 1 fully saturated rings. The fourth-order valence-electron chi connectivity index (χ4n) is 3.91. The molecule has 1 amide bonds. The molecule has 2 aromatic rings. The molecule has 0 N–H and O–H groups in total. The number of hydrogen-bond donors (Lipinski definition) is 0. The normalized spacial score (nSPS) is 22.0. The van der Waals surface area contributed by atoms with Crippen LogP contribution in [0.1, 0.15) is 34.7 Å². The van der Waals surface area contributed by atoms with Crippen molar-refractivity contribution >= 4 is 5.91 Å². The first-order valence-electron chi connectivity index (χ1n) is 9.35. The third-order valence-corrected chi connectivity index (χ3v) is 5.33. The largest absolute Gasteiger partial charge is 0.376 e. The summed E-state index contributed by atoms with van der Waals surface area (Å²) < 4.78 is 11.2. The molecule has 0 saturated carbocycles. The van der Waals surface area contributed by atoms with Gasteiger partial charge in [-0.05, 0) is 36.5 Å². The lowest BCUT2D eigenvalue weighted by molar-refractivity contribution is -0.161. The molecule has 4 heteroatoms. The molecule has 1 aliphatic heterocycles. The van der Waals surface area contributed by atoms with E-state index in [1.165, 1.54) is 16.7 Å². The van der Waals surface area contributed by atoms with Crippen LogP contribution >= 0.6 is 0 Å². The van der Waals surface area contributed by atoms with Crippen molar-refractivity contribution in [1.82, 2.24) is 4.90 Å². The first-order valence-corrected chi connectivity index (χ1v) is 9.35. The molecule has 0 spiro atoms. The molecule has 26 heavy (non-hydrogen) atoms. The number of rotatable bonds is 4. The second-order valence-corrected chi connectivity index (χ2v) is 7.14. The third-order valence-electron chi connectivity index (χ3n) is 5.33. The standard InChI is InChI=1S/C22H25NO3/c1-16-6-8-17(9-7-16)14-23(22(24)21-15-25-12-13-26-21)20-11-10-18-4-2-3-5-19(18)20/h2-9,20-21H,10-15H2,1H3. The van der Waals surface area contributed by atoms with Crippen molar-refractivity contribution in [3.05, 3.63) is 70.8 Å². The zero-order valence-electron chi connectivity index (χ0n) is 15.2. The van der Waals surface area contributed by atoms with Gasteiger partial charge in [0, 0.05) is 6.54 Å². The minimum absolute atomic E-state index is 0.0342. The van der Waals surface area contributed by atoms with Crippen molar-refractivity contribution in [2.24, 2.45) is 0 Å². The van der Waals surface area contributed by atoms with E-state index in [0.717, 1.165) is 18.4 Å². The second-order valence-electron chi connectivity index (χ2n) is 7.14. The number of nitrogens with zero attached hydrogens (tertiary/aromatic N) is 1. The molecule has 2 aromatic carbocycles. The molecular formula is C22H25NO3. The molecule has 4 nitrogen and oxygen atoms in total. The number of carbonyl (C=O) groups excluding carboxylic acids is 1. The van der Waals surface area contributed by atoms with E-state index < -0.39 is 6.10 Å². The van der Waals surface area contributed by atoms with Gasteiger partial charge in [0.25, 0.3) is 5.91 Å². The summed E-state index contributed by atoms with van der Waals surface area (Å²) >= 11 is 0. The van der Waals surface area contributed by atoms with E-state index in [2.05, 4.69) is 55.5 Å². The van der Waals surface area contributed by atoms with Crippen molar-refractivity contribution in [2.45, 2.75) is 38.5 Å². The zero-order chi connectivity index (χ0) is 17.9. The minimum Gasteiger partial charge on any atom is -0.376 e. The van der Waals surface area contributed by atoms with Gasteiger partial charge in [0.05, 0.1) is 25.9 Å². The Hall–Kier alpha value is -2.17. The van der Waals surface area contributed by atoms with E-state index in [0.29, 0.717) is 26.4 Å². The summed E-state index contributed by atoms with van der Waals surface area (Å²) in [5, 5.41) is 0. The van der Waals surface area contributed by atoms with Gasteiger partial charge in [-0.25, -0.2) is 0 Å². The van der Waals surface area contributed by atoms with Gasteiger partial charge >= 0.3 is 0 Å². The van der Waals surface area contributed by atoms with Crippen LogP contribution in [-0.2, 0) is 27.2 Å². The van der Waals surface area contributed by atoms with Crippen LogP contribution in [0.2, 0.25) is 0 Å². The molecule has 0 aromatic heterocycles. The number of hydrogen-bond acceptors (Lipinski definition) is 3. The van der Waals surface area contributed by atoms with Crippen LogP contribution in [0.15, 0.2) is 48.5 Å². The average molecular weight is 351 g/mol. The molecule has 136 valence electrons. The Bertz CT molecular complexity index is 765. The van der Waals surface area contributed by atoms with Crippen LogP contribution < -0.4 is 0 Å². The first-order chi connectivity index (χ1) is 12.7.